The minimum atomic E-state index is -4.05. The van der Waals surface area contributed by atoms with E-state index in [2.05, 4.69) is 10.0 Å². The highest BCUT2D eigenvalue weighted by atomic mass is 35.5. The van der Waals surface area contributed by atoms with Crippen molar-refractivity contribution < 1.29 is 27.5 Å². The lowest BCUT2D eigenvalue weighted by Crippen LogP contribution is -2.20. The first-order chi connectivity index (χ1) is 13.2. The molecule has 2 rings (SSSR count). The number of sulfonamides is 1. The second-order valence-corrected chi connectivity index (χ2v) is 7.55. The molecule has 28 heavy (non-hydrogen) atoms. The van der Waals surface area contributed by atoms with Gasteiger partial charge in [0.05, 0.1) is 34.8 Å². The van der Waals surface area contributed by atoms with Gasteiger partial charge in [-0.2, -0.15) is 0 Å². The number of ether oxygens (including phenoxy) is 2. The van der Waals surface area contributed by atoms with E-state index in [-0.39, 0.29) is 39.1 Å². The van der Waals surface area contributed by atoms with Crippen LogP contribution in [0.25, 0.3) is 0 Å². The van der Waals surface area contributed by atoms with Crippen molar-refractivity contribution in [3.63, 3.8) is 0 Å². The number of carbonyl (C=O) groups excluding carboxylic acids is 2. The molecule has 1 amide bonds. The number of nitrogens with one attached hydrogen (secondary N) is 2. The van der Waals surface area contributed by atoms with Crippen molar-refractivity contribution in [2.75, 3.05) is 25.5 Å². The Morgan fingerprint density at radius 1 is 1.11 bits per heavy atom. The van der Waals surface area contributed by atoms with Gasteiger partial charge in [-0.1, -0.05) is 11.6 Å². The Morgan fingerprint density at radius 2 is 1.82 bits per heavy atom. The number of hydrogen-bond acceptors (Lipinski definition) is 6. The highest BCUT2D eigenvalue weighted by Gasteiger charge is 2.21. The highest BCUT2D eigenvalue weighted by Crippen LogP contribution is 2.26. The quantitative estimate of drug-likeness (QED) is 0.658. The fourth-order valence-electron chi connectivity index (χ4n) is 2.33. The minimum Gasteiger partial charge on any atom is -0.496 e. The Morgan fingerprint density at radius 3 is 2.43 bits per heavy atom. The molecule has 0 aliphatic carbocycles. The van der Waals surface area contributed by atoms with Crippen LogP contribution < -0.4 is 14.8 Å². The molecule has 150 valence electrons. The maximum atomic E-state index is 12.7. The van der Waals surface area contributed by atoms with Gasteiger partial charge in [-0.3, -0.25) is 9.52 Å². The summed E-state index contributed by atoms with van der Waals surface area (Å²) >= 11 is 5.98. The van der Waals surface area contributed by atoms with Crippen molar-refractivity contribution in [2.45, 2.75) is 11.8 Å². The number of carbonyl (C=O) groups is 2. The number of anilines is 1. The Hall–Kier alpha value is -2.78. The predicted octanol–water partition coefficient (Wildman–Crippen LogP) is 2.69. The van der Waals surface area contributed by atoms with Gasteiger partial charge < -0.3 is 14.8 Å². The third-order valence-electron chi connectivity index (χ3n) is 3.67. The van der Waals surface area contributed by atoms with Crippen LogP contribution in [-0.2, 0) is 14.8 Å². The molecule has 2 aromatic carbocycles. The molecule has 0 unspecified atom stereocenters. The number of benzene rings is 2. The minimum absolute atomic E-state index is 0.0319. The summed E-state index contributed by atoms with van der Waals surface area (Å²) in [6.45, 7) is 1.80. The first-order valence-electron chi connectivity index (χ1n) is 8.13. The maximum absolute atomic E-state index is 12.7. The number of amides is 1. The van der Waals surface area contributed by atoms with Crippen molar-refractivity contribution in [1.82, 2.24) is 5.32 Å². The van der Waals surface area contributed by atoms with Crippen molar-refractivity contribution >= 4 is 39.2 Å². The zero-order valence-corrected chi connectivity index (χ0v) is 17.0. The molecule has 8 nitrogen and oxygen atoms in total. The van der Waals surface area contributed by atoms with E-state index >= 15 is 0 Å². The Kier molecular flexibility index (Phi) is 6.87. The monoisotopic (exact) mass is 426 g/mol. The van der Waals surface area contributed by atoms with Crippen molar-refractivity contribution in [2.24, 2.45) is 0 Å². The zero-order chi connectivity index (χ0) is 20.9. The fraction of sp³-hybridized carbons (Fsp3) is 0.222. The van der Waals surface area contributed by atoms with Crippen molar-refractivity contribution in [1.29, 1.82) is 0 Å². The van der Waals surface area contributed by atoms with Gasteiger partial charge in [0, 0.05) is 12.7 Å². The summed E-state index contributed by atoms with van der Waals surface area (Å²) < 4.78 is 37.8. The lowest BCUT2D eigenvalue weighted by atomic mass is 10.2. The summed E-state index contributed by atoms with van der Waals surface area (Å²) in [6.07, 6.45) is 0. The number of hydrogen-bond donors (Lipinski definition) is 2. The van der Waals surface area contributed by atoms with Crippen LogP contribution >= 0.6 is 11.6 Å². The molecule has 0 saturated heterocycles. The molecule has 2 aromatic rings. The van der Waals surface area contributed by atoms with Crippen LogP contribution in [0.1, 0.15) is 27.6 Å². The van der Waals surface area contributed by atoms with Gasteiger partial charge in [0.1, 0.15) is 5.75 Å². The number of halogens is 1. The summed E-state index contributed by atoms with van der Waals surface area (Å²) in [4.78, 5) is 23.8. The van der Waals surface area contributed by atoms with E-state index < -0.39 is 21.9 Å². The van der Waals surface area contributed by atoms with Gasteiger partial charge in [-0.15, -0.1) is 0 Å². The standard InChI is InChI=1S/C18H19ClN2O6S/c1-4-27-18(23)13-9-11(5-7-15(13)19)21-28(24,25)12-6-8-16(26-3)14(10-12)17(22)20-2/h5-10,21H,4H2,1-3H3,(H,20,22). The van der Waals surface area contributed by atoms with Gasteiger partial charge in [-0.05, 0) is 43.3 Å². The Bertz CT molecular complexity index is 1010. The SMILES string of the molecule is CCOC(=O)c1cc(NS(=O)(=O)c2ccc(OC)c(C(=O)NC)c2)ccc1Cl. The van der Waals surface area contributed by atoms with E-state index in [4.69, 9.17) is 21.1 Å². The molecule has 0 spiro atoms. The molecule has 0 aromatic heterocycles. The van der Waals surface area contributed by atoms with E-state index in [1.807, 2.05) is 0 Å². The average Bonchev–Trinajstić information content (AvgIpc) is 2.68. The highest BCUT2D eigenvalue weighted by molar-refractivity contribution is 7.92. The summed E-state index contributed by atoms with van der Waals surface area (Å²) in [5.74, 6) is -0.931. The summed E-state index contributed by atoms with van der Waals surface area (Å²) in [5.41, 5.74) is 0.213. The zero-order valence-electron chi connectivity index (χ0n) is 15.4. The molecule has 0 saturated carbocycles. The van der Waals surface area contributed by atoms with Crippen LogP contribution in [0.4, 0.5) is 5.69 Å². The molecule has 0 fully saturated rings. The molecule has 10 heteroatoms. The molecule has 0 atom stereocenters. The van der Waals surface area contributed by atoms with E-state index in [1.54, 1.807) is 6.92 Å². The van der Waals surface area contributed by atoms with Crippen LogP contribution in [0.5, 0.6) is 5.75 Å². The van der Waals surface area contributed by atoms with Crippen LogP contribution in [-0.4, -0.2) is 41.1 Å². The molecule has 0 aliphatic rings. The molecule has 0 radical (unpaired) electrons. The molecule has 2 N–H and O–H groups in total. The summed E-state index contributed by atoms with van der Waals surface area (Å²) in [5, 5.41) is 2.55. The fourth-order valence-corrected chi connectivity index (χ4v) is 3.60. The molecular weight excluding hydrogens is 408 g/mol. The van der Waals surface area contributed by atoms with Crippen LogP contribution in [0, 0.1) is 0 Å². The van der Waals surface area contributed by atoms with E-state index in [0.717, 1.165) is 0 Å². The molecule has 0 heterocycles. The predicted molar refractivity (Wildman–Crippen MR) is 105 cm³/mol. The van der Waals surface area contributed by atoms with Crippen molar-refractivity contribution in [3.05, 3.63) is 52.5 Å². The van der Waals surface area contributed by atoms with Gasteiger partial charge in [0.2, 0.25) is 0 Å². The van der Waals surface area contributed by atoms with Gasteiger partial charge >= 0.3 is 5.97 Å². The summed E-state index contributed by atoms with van der Waals surface area (Å²) in [7, 11) is -1.25. The van der Waals surface area contributed by atoms with E-state index in [1.165, 1.54) is 50.6 Å². The number of esters is 1. The Labute approximate surface area is 167 Å². The first kappa shape index (κ1) is 21.5. The maximum Gasteiger partial charge on any atom is 0.339 e. The molecule has 0 aliphatic heterocycles. The first-order valence-corrected chi connectivity index (χ1v) is 9.99. The third-order valence-corrected chi connectivity index (χ3v) is 5.38. The number of methoxy groups -OCH3 is 1. The lowest BCUT2D eigenvalue weighted by molar-refractivity contribution is 0.0526. The molecule has 0 bridgehead atoms. The average molecular weight is 427 g/mol. The van der Waals surface area contributed by atoms with Crippen LogP contribution in [0.2, 0.25) is 5.02 Å². The van der Waals surface area contributed by atoms with Crippen LogP contribution in [0.3, 0.4) is 0 Å². The largest absolute Gasteiger partial charge is 0.496 e. The van der Waals surface area contributed by atoms with Crippen molar-refractivity contribution in [3.8, 4) is 5.75 Å². The second-order valence-electron chi connectivity index (χ2n) is 5.46. The van der Waals surface area contributed by atoms with Gasteiger partial charge in [0.25, 0.3) is 15.9 Å². The smallest absolute Gasteiger partial charge is 0.339 e. The van der Waals surface area contributed by atoms with E-state index in [9.17, 15) is 18.0 Å². The molecular formula is C18H19ClN2O6S. The van der Waals surface area contributed by atoms with Gasteiger partial charge in [-0.25, -0.2) is 13.2 Å². The topological polar surface area (TPSA) is 111 Å². The Balaban J connectivity index is 2.40. The second kappa shape index (κ2) is 8.94. The summed E-state index contributed by atoms with van der Waals surface area (Å²) in [6, 6.07) is 7.95. The van der Waals surface area contributed by atoms with Gasteiger partial charge in [0.15, 0.2) is 0 Å². The van der Waals surface area contributed by atoms with Crippen LogP contribution in [0.15, 0.2) is 41.3 Å². The lowest BCUT2D eigenvalue weighted by Gasteiger charge is -2.13. The van der Waals surface area contributed by atoms with E-state index in [0.29, 0.717) is 0 Å². The number of rotatable bonds is 7. The third kappa shape index (κ3) is 4.73. The normalized spacial score (nSPS) is 10.9.